The van der Waals surface area contributed by atoms with E-state index in [1.165, 1.54) is 0 Å². The number of rotatable bonds is 3. The smallest absolute Gasteiger partial charge is 0.324 e. The SMILES string of the molecule is CC(C)C(C)(C(=O)O)N(C)C. The van der Waals surface area contributed by atoms with E-state index in [0.717, 1.165) is 0 Å². The van der Waals surface area contributed by atoms with Gasteiger partial charge >= 0.3 is 5.97 Å². The van der Waals surface area contributed by atoms with Crippen LogP contribution in [0.2, 0.25) is 0 Å². The van der Waals surface area contributed by atoms with Crippen LogP contribution < -0.4 is 0 Å². The van der Waals surface area contributed by atoms with Gasteiger partial charge < -0.3 is 5.11 Å². The fourth-order valence-electron chi connectivity index (χ4n) is 0.955. The molecule has 66 valence electrons. The van der Waals surface area contributed by atoms with Crippen LogP contribution >= 0.6 is 0 Å². The number of carbonyl (C=O) groups is 1. The summed E-state index contributed by atoms with van der Waals surface area (Å²) in [6.07, 6.45) is 0. The van der Waals surface area contributed by atoms with Gasteiger partial charge in [-0.2, -0.15) is 0 Å². The van der Waals surface area contributed by atoms with E-state index in [1.807, 2.05) is 13.8 Å². The van der Waals surface area contributed by atoms with Crippen molar-refractivity contribution in [3.63, 3.8) is 0 Å². The van der Waals surface area contributed by atoms with Crippen molar-refractivity contribution in [1.82, 2.24) is 4.90 Å². The molecule has 0 aromatic rings. The van der Waals surface area contributed by atoms with Crippen molar-refractivity contribution >= 4 is 5.97 Å². The highest BCUT2D eigenvalue weighted by atomic mass is 16.4. The Morgan fingerprint density at radius 2 is 1.82 bits per heavy atom. The van der Waals surface area contributed by atoms with E-state index in [-0.39, 0.29) is 5.92 Å². The van der Waals surface area contributed by atoms with E-state index in [4.69, 9.17) is 5.11 Å². The fourth-order valence-corrected chi connectivity index (χ4v) is 0.955. The number of aliphatic carboxylic acids is 1. The molecule has 0 aromatic carbocycles. The van der Waals surface area contributed by atoms with Gasteiger partial charge in [-0.3, -0.25) is 9.69 Å². The molecule has 0 fully saturated rings. The Balaban J connectivity index is 4.67. The van der Waals surface area contributed by atoms with Crippen LogP contribution in [0.5, 0.6) is 0 Å². The van der Waals surface area contributed by atoms with E-state index in [9.17, 15) is 4.79 Å². The van der Waals surface area contributed by atoms with Crippen LogP contribution in [0.25, 0.3) is 0 Å². The maximum Gasteiger partial charge on any atom is 0.324 e. The van der Waals surface area contributed by atoms with Crippen LogP contribution in [0.4, 0.5) is 0 Å². The largest absolute Gasteiger partial charge is 0.480 e. The van der Waals surface area contributed by atoms with Crippen molar-refractivity contribution in [2.24, 2.45) is 5.92 Å². The van der Waals surface area contributed by atoms with Crippen LogP contribution in [0.1, 0.15) is 20.8 Å². The number of carboxylic acids is 1. The van der Waals surface area contributed by atoms with Crippen LogP contribution in [0, 0.1) is 5.92 Å². The molecule has 3 heteroatoms. The summed E-state index contributed by atoms with van der Waals surface area (Å²) in [6, 6.07) is 0. The predicted molar refractivity (Wildman–Crippen MR) is 44.6 cm³/mol. The molecule has 0 aliphatic carbocycles. The quantitative estimate of drug-likeness (QED) is 0.669. The van der Waals surface area contributed by atoms with Gasteiger partial charge in [-0.05, 0) is 26.9 Å². The first-order chi connectivity index (χ1) is 4.83. The highest BCUT2D eigenvalue weighted by molar-refractivity contribution is 5.78. The molecule has 1 unspecified atom stereocenters. The first kappa shape index (κ1) is 10.4. The molecule has 0 bridgehead atoms. The molecule has 11 heavy (non-hydrogen) atoms. The van der Waals surface area contributed by atoms with Gasteiger partial charge in [-0.25, -0.2) is 0 Å². The average molecular weight is 159 g/mol. The van der Waals surface area contributed by atoms with Crippen molar-refractivity contribution < 1.29 is 9.90 Å². The second-order valence-electron chi connectivity index (χ2n) is 3.50. The molecule has 0 rings (SSSR count). The summed E-state index contributed by atoms with van der Waals surface area (Å²) in [5.41, 5.74) is -0.750. The molecule has 0 saturated heterocycles. The molecule has 1 atom stereocenters. The monoisotopic (exact) mass is 159 g/mol. The van der Waals surface area contributed by atoms with Gasteiger partial charge in [0.05, 0.1) is 0 Å². The number of hydrogen-bond acceptors (Lipinski definition) is 2. The molecule has 0 radical (unpaired) electrons. The predicted octanol–water partition coefficient (Wildman–Crippen LogP) is 1.05. The minimum Gasteiger partial charge on any atom is -0.480 e. The molecule has 0 aliphatic heterocycles. The Labute approximate surface area is 68.0 Å². The summed E-state index contributed by atoms with van der Waals surface area (Å²) >= 11 is 0. The first-order valence-corrected chi connectivity index (χ1v) is 3.74. The maximum absolute atomic E-state index is 10.9. The first-order valence-electron chi connectivity index (χ1n) is 3.74. The summed E-state index contributed by atoms with van der Waals surface area (Å²) in [5.74, 6) is -0.660. The lowest BCUT2D eigenvalue weighted by Crippen LogP contribution is -2.52. The number of carboxylic acid groups (broad SMARTS) is 1. The van der Waals surface area contributed by atoms with Crippen molar-refractivity contribution in [1.29, 1.82) is 0 Å². The van der Waals surface area contributed by atoms with Crippen LogP contribution in [0.15, 0.2) is 0 Å². The zero-order valence-electron chi connectivity index (χ0n) is 7.88. The number of nitrogens with zero attached hydrogens (tertiary/aromatic N) is 1. The Morgan fingerprint density at radius 3 is 1.82 bits per heavy atom. The topological polar surface area (TPSA) is 40.5 Å². The number of likely N-dealkylation sites (N-methyl/N-ethyl adjacent to an activating group) is 1. The summed E-state index contributed by atoms with van der Waals surface area (Å²) in [5, 5.41) is 8.93. The molecule has 0 spiro atoms. The zero-order chi connectivity index (χ0) is 9.23. The van der Waals surface area contributed by atoms with Crippen LogP contribution in [0.3, 0.4) is 0 Å². The Hall–Kier alpha value is -0.570. The van der Waals surface area contributed by atoms with Gasteiger partial charge in [0.2, 0.25) is 0 Å². The molecule has 0 aromatic heterocycles. The van der Waals surface area contributed by atoms with Gasteiger partial charge in [0, 0.05) is 0 Å². The maximum atomic E-state index is 10.9. The van der Waals surface area contributed by atoms with Gasteiger partial charge in [-0.1, -0.05) is 13.8 Å². The van der Waals surface area contributed by atoms with Crippen LogP contribution in [-0.2, 0) is 4.79 Å². The molecular formula is C8H17NO2. The average Bonchev–Trinajstić information content (AvgIpc) is 1.84. The van der Waals surface area contributed by atoms with Gasteiger partial charge in [-0.15, -0.1) is 0 Å². The van der Waals surface area contributed by atoms with E-state index >= 15 is 0 Å². The summed E-state index contributed by atoms with van der Waals surface area (Å²) in [4.78, 5) is 12.6. The molecule has 0 amide bonds. The molecule has 1 N–H and O–H groups in total. The lowest BCUT2D eigenvalue weighted by Gasteiger charge is -2.35. The van der Waals surface area contributed by atoms with Gasteiger partial charge in [0.25, 0.3) is 0 Å². The van der Waals surface area contributed by atoms with Crippen molar-refractivity contribution in [3.8, 4) is 0 Å². The van der Waals surface area contributed by atoms with Gasteiger partial charge in [0.15, 0.2) is 0 Å². The lowest BCUT2D eigenvalue weighted by molar-refractivity contribution is -0.151. The summed E-state index contributed by atoms with van der Waals surface area (Å²) in [7, 11) is 3.57. The Bertz CT molecular complexity index is 144. The van der Waals surface area contributed by atoms with E-state index in [0.29, 0.717) is 0 Å². The Kier molecular flexibility index (Phi) is 3.05. The third-order valence-corrected chi connectivity index (χ3v) is 2.49. The van der Waals surface area contributed by atoms with Crippen LogP contribution in [-0.4, -0.2) is 35.6 Å². The summed E-state index contributed by atoms with van der Waals surface area (Å²) < 4.78 is 0. The zero-order valence-corrected chi connectivity index (χ0v) is 7.88. The van der Waals surface area contributed by atoms with Crippen molar-refractivity contribution in [2.45, 2.75) is 26.3 Å². The minimum absolute atomic E-state index is 0.106. The van der Waals surface area contributed by atoms with Gasteiger partial charge in [0.1, 0.15) is 5.54 Å². The fraction of sp³-hybridized carbons (Fsp3) is 0.875. The molecule has 0 aliphatic rings. The highest BCUT2D eigenvalue weighted by Gasteiger charge is 2.38. The van der Waals surface area contributed by atoms with E-state index in [2.05, 4.69) is 0 Å². The molecule has 3 nitrogen and oxygen atoms in total. The van der Waals surface area contributed by atoms with E-state index in [1.54, 1.807) is 25.9 Å². The Morgan fingerprint density at radius 1 is 1.45 bits per heavy atom. The second-order valence-corrected chi connectivity index (χ2v) is 3.50. The standard InChI is InChI=1S/C8H17NO2/c1-6(2)8(3,7(10)11)9(4)5/h6H,1-5H3,(H,10,11). The second kappa shape index (κ2) is 3.22. The third kappa shape index (κ3) is 1.71. The summed E-state index contributed by atoms with van der Waals surface area (Å²) in [6.45, 7) is 5.56. The minimum atomic E-state index is -0.766. The van der Waals surface area contributed by atoms with Crippen molar-refractivity contribution in [3.05, 3.63) is 0 Å². The molecule has 0 saturated carbocycles. The molecule has 0 heterocycles. The van der Waals surface area contributed by atoms with E-state index < -0.39 is 11.5 Å². The number of hydrogen-bond donors (Lipinski definition) is 1. The molecular weight excluding hydrogens is 142 g/mol. The third-order valence-electron chi connectivity index (χ3n) is 2.49. The van der Waals surface area contributed by atoms with Crippen molar-refractivity contribution in [2.75, 3.05) is 14.1 Å². The highest BCUT2D eigenvalue weighted by Crippen LogP contribution is 2.21. The normalized spacial score (nSPS) is 17.0. The lowest BCUT2D eigenvalue weighted by atomic mass is 9.87.